The predicted octanol–water partition coefficient (Wildman–Crippen LogP) is 1.89. The van der Waals surface area contributed by atoms with Crippen LogP contribution >= 0.6 is 22.6 Å². The second kappa shape index (κ2) is 7.12. The van der Waals surface area contributed by atoms with Crippen molar-refractivity contribution in [2.24, 2.45) is 0 Å². The number of halogens is 1. The van der Waals surface area contributed by atoms with Gasteiger partial charge in [0.15, 0.2) is 6.61 Å². The van der Waals surface area contributed by atoms with Crippen molar-refractivity contribution in [1.82, 2.24) is 5.32 Å². The van der Waals surface area contributed by atoms with Crippen molar-refractivity contribution in [1.29, 1.82) is 0 Å². The van der Waals surface area contributed by atoms with Crippen molar-refractivity contribution in [3.63, 3.8) is 0 Å². The van der Waals surface area contributed by atoms with E-state index in [4.69, 9.17) is 4.74 Å². The molecule has 84 valence electrons. The van der Waals surface area contributed by atoms with Gasteiger partial charge in [-0.3, -0.25) is 4.79 Å². The zero-order valence-corrected chi connectivity index (χ0v) is 11.1. The number of nitrogens with one attached hydrogen (secondary N) is 1. The van der Waals surface area contributed by atoms with E-state index < -0.39 is 0 Å². The molecule has 0 aromatic heterocycles. The molecular weight excluding hydrogens is 317 g/mol. The number of benzene rings is 1. The molecular formula is C12H12INO2. The van der Waals surface area contributed by atoms with Crippen LogP contribution in [0.3, 0.4) is 0 Å². The van der Waals surface area contributed by atoms with Gasteiger partial charge in [-0.1, -0.05) is 18.1 Å². The fraction of sp³-hybridized carbons (Fsp3) is 0.250. The molecule has 0 unspecified atom stereocenters. The first-order valence-corrected chi connectivity index (χ1v) is 5.85. The van der Waals surface area contributed by atoms with E-state index in [0.717, 1.165) is 5.56 Å². The van der Waals surface area contributed by atoms with Crippen LogP contribution in [0.4, 0.5) is 0 Å². The number of rotatable bonds is 4. The maximum atomic E-state index is 11.3. The number of carbonyl (C=O) groups excluding carboxylic acids is 1. The van der Waals surface area contributed by atoms with E-state index in [1.165, 1.54) is 0 Å². The first-order valence-electron chi connectivity index (χ1n) is 4.77. The summed E-state index contributed by atoms with van der Waals surface area (Å²) in [5, 5.41) is 2.63. The summed E-state index contributed by atoms with van der Waals surface area (Å²) < 4.78 is 7.99. The molecule has 1 aromatic rings. The second-order valence-corrected chi connectivity index (χ2v) is 3.69. The Morgan fingerprint density at radius 2 is 2.38 bits per heavy atom. The molecule has 3 nitrogen and oxygen atoms in total. The maximum absolute atomic E-state index is 11.3. The Hall–Kier alpha value is -1.22. The minimum Gasteiger partial charge on any atom is -0.484 e. The average molecular weight is 329 g/mol. The van der Waals surface area contributed by atoms with Crippen molar-refractivity contribution < 1.29 is 9.53 Å². The van der Waals surface area contributed by atoms with Crippen molar-refractivity contribution in [2.75, 3.05) is 13.2 Å². The smallest absolute Gasteiger partial charge is 0.258 e. The summed E-state index contributed by atoms with van der Waals surface area (Å²) in [6.45, 7) is 2.36. The standard InChI is InChI=1S/C12H12INO2/c1-10-4-2-5-11(8-10)16-9-12(15)14-7-3-6-13/h2,4-5,8H,7,9H2,1H3,(H,14,15). The van der Waals surface area contributed by atoms with Crippen LogP contribution in [-0.4, -0.2) is 19.1 Å². The molecule has 16 heavy (non-hydrogen) atoms. The van der Waals surface area contributed by atoms with Crippen molar-refractivity contribution >= 4 is 28.5 Å². The quantitative estimate of drug-likeness (QED) is 0.677. The van der Waals surface area contributed by atoms with Crippen molar-refractivity contribution in [2.45, 2.75) is 6.92 Å². The number of aryl methyl sites for hydroxylation is 1. The highest BCUT2D eigenvalue weighted by Crippen LogP contribution is 2.11. The number of hydrogen-bond acceptors (Lipinski definition) is 2. The van der Waals surface area contributed by atoms with Crippen molar-refractivity contribution in [3.8, 4) is 15.6 Å². The number of hydrogen-bond donors (Lipinski definition) is 1. The third-order valence-electron chi connectivity index (χ3n) is 1.80. The van der Waals surface area contributed by atoms with Crippen LogP contribution in [0, 0.1) is 16.8 Å². The molecule has 0 fully saturated rings. The summed E-state index contributed by atoms with van der Waals surface area (Å²) in [4.78, 5) is 11.3. The molecule has 0 aliphatic rings. The van der Waals surface area contributed by atoms with E-state index in [1.54, 1.807) is 0 Å². The summed E-state index contributed by atoms with van der Waals surface area (Å²) in [5.74, 6) is 3.27. The Balaban J connectivity index is 2.33. The van der Waals surface area contributed by atoms with Crippen LogP contribution < -0.4 is 10.1 Å². The van der Waals surface area contributed by atoms with Gasteiger partial charge >= 0.3 is 0 Å². The zero-order valence-electron chi connectivity index (χ0n) is 8.92. The molecule has 1 aromatic carbocycles. The fourth-order valence-corrected chi connectivity index (χ4v) is 1.27. The Labute approximate surface area is 109 Å². The molecule has 0 aliphatic carbocycles. The molecule has 4 heteroatoms. The topological polar surface area (TPSA) is 38.3 Å². The molecule has 1 amide bonds. The molecule has 0 saturated heterocycles. The fourth-order valence-electron chi connectivity index (χ4n) is 1.08. The second-order valence-electron chi connectivity index (χ2n) is 3.15. The Morgan fingerprint density at radius 1 is 1.56 bits per heavy atom. The van der Waals surface area contributed by atoms with Crippen LogP contribution in [0.5, 0.6) is 5.75 Å². The minimum atomic E-state index is -0.166. The van der Waals surface area contributed by atoms with E-state index in [2.05, 4.69) is 15.2 Å². The predicted molar refractivity (Wildman–Crippen MR) is 71.5 cm³/mol. The van der Waals surface area contributed by atoms with Gasteiger partial charge in [0.1, 0.15) is 5.75 Å². The van der Waals surface area contributed by atoms with Gasteiger partial charge in [-0.25, -0.2) is 0 Å². The molecule has 0 radical (unpaired) electrons. The highest BCUT2D eigenvalue weighted by Gasteiger charge is 2.00. The van der Waals surface area contributed by atoms with Crippen LogP contribution in [-0.2, 0) is 4.79 Å². The molecule has 0 aliphatic heterocycles. The normalized spacial score (nSPS) is 8.88. The monoisotopic (exact) mass is 329 g/mol. The van der Waals surface area contributed by atoms with Crippen LogP contribution in [0.25, 0.3) is 0 Å². The third-order valence-corrected chi connectivity index (χ3v) is 2.18. The lowest BCUT2D eigenvalue weighted by Crippen LogP contribution is -2.29. The van der Waals surface area contributed by atoms with E-state index in [9.17, 15) is 4.79 Å². The van der Waals surface area contributed by atoms with Gasteiger partial charge in [-0.2, -0.15) is 0 Å². The molecule has 0 spiro atoms. The van der Waals surface area contributed by atoms with Crippen LogP contribution in [0.15, 0.2) is 24.3 Å². The minimum absolute atomic E-state index is 0.0202. The number of ether oxygens (including phenoxy) is 1. The molecule has 0 saturated carbocycles. The van der Waals surface area contributed by atoms with Gasteiger partial charge in [0.2, 0.25) is 0 Å². The van der Waals surface area contributed by atoms with Gasteiger partial charge in [0.05, 0.1) is 6.54 Å². The van der Waals surface area contributed by atoms with Gasteiger partial charge in [-0.05, 0) is 28.5 Å². The van der Waals surface area contributed by atoms with E-state index in [1.807, 2.05) is 53.8 Å². The van der Waals surface area contributed by atoms with E-state index >= 15 is 0 Å². The zero-order chi connectivity index (χ0) is 11.8. The first kappa shape index (κ1) is 12.8. The molecule has 0 atom stereocenters. The first-order chi connectivity index (χ1) is 7.72. The van der Waals surface area contributed by atoms with E-state index in [0.29, 0.717) is 12.3 Å². The highest BCUT2D eigenvalue weighted by molar-refractivity contribution is 14.1. The van der Waals surface area contributed by atoms with Gasteiger partial charge in [0, 0.05) is 22.6 Å². The lowest BCUT2D eigenvalue weighted by molar-refractivity contribution is -0.122. The largest absolute Gasteiger partial charge is 0.484 e. The van der Waals surface area contributed by atoms with Crippen LogP contribution in [0.2, 0.25) is 0 Å². The number of carbonyl (C=O) groups is 1. The summed E-state index contributed by atoms with van der Waals surface area (Å²) in [7, 11) is 0. The summed E-state index contributed by atoms with van der Waals surface area (Å²) >= 11 is 1.92. The summed E-state index contributed by atoms with van der Waals surface area (Å²) in [6.07, 6.45) is 0. The lowest BCUT2D eigenvalue weighted by Gasteiger charge is -2.06. The SMILES string of the molecule is Cc1cccc(OCC(=O)NCC#CI)c1. The maximum Gasteiger partial charge on any atom is 0.258 e. The molecule has 1 N–H and O–H groups in total. The van der Waals surface area contributed by atoms with Gasteiger partial charge in [-0.15, -0.1) is 0 Å². The van der Waals surface area contributed by atoms with Gasteiger partial charge < -0.3 is 10.1 Å². The van der Waals surface area contributed by atoms with Gasteiger partial charge in [0.25, 0.3) is 5.91 Å². The number of amides is 1. The third kappa shape index (κ3) is 5.03. The van der Waals surface area contributed by atoms with E-state index in [-0.39, 0.29) is 12.5 Å². The van der Waals surface area contributed by atoms with Crippen molar-refractivity contribution in [3.05, 3.63) is 29.8 Å². The molecule has 0 bridgehead atoms. The highest BCUT2D eigenvalue weighted by atomic mass is 127. The Morgan fingerprint density at radius 3 is 3.06 bits per heavy atom. The molecule has 1 rings (SSSR count). The van der Waals surface area contributed by atoms with Crippen LogP contribution in [0.1, 0.15) is 5.56 Å². The lowest BCUT2D eigenvalue weighted by atomic mass is 10.2. The average Bonchev–Trinajstić information content (AvgIpc) is 2.27. The summed E-state index contributed by atoms with van der Waals surface area (Å²) in [5.41, 5.74) is 1.11. The summed E-state index contributed by atoms with van der Waals surface area (Å²) in [6, 6.07) is 7.58. The molecule has 0 heterocycles. The Kier molecular flexibility index (Phi) is 5.72. The Bertz CT molecular complexity index is 421.